The van der Waals surface area contributed by atoms with Crippen LogP contribution in [0.3, 0.4) is 0 Å². The fraction of sp³-hybridized carbons (Fsp3) is 0.133. The first-order chi connectivity index (χ1) is 10.6. The van der Waals surface area contributed by atoms with Crippen LogP contribution in [-0.2, 0) is 6.54 Å². The van der Waals surface area contributed by atoms with Gasteiger partial charge in [0.2, 0.25) is 5.88 Å². The minimum Gasteiger partial charge on any atom is -0.404 e. The first kappa shape index (κ1) is 14.8. The van der Waals surface area contributed by atoms with Gasteiger partial charge in [0.25, 0.3) is 0 Å². The van der Waals surface area contributed by atoms with E-state index in [1.54, 1.807) is 35.1 Å². The van der Waals surface area contributed by atoms with Crippen molar-refractivity contribution < 1.29 is 9.53 Å². The van der Waals surface area contributed by atoms with Crippen molar-refractivity contribution in [1.29, 1.82) is 0 Å². The van der Waals surface area contributed by atoms with Gasteiger partial charge in [-0.25, -0.2) is 9.48 Å². The van der Waals surface area contributed by atoms with Gasteiger partial charge in [0, 0.05) is 24.2 Å². The molecule has 0 fully saturated rings. The van der Waals surface area contributed by atoms with E-state index in [2.05, 4.69) is 10.1 Å². The number of aryl methyl sites for hydroxylation is 1. The summed E-state index contributed by atoms with van der Waals surface area (Å²) in [4.78, 5) is 16.7. The van der Waals surface area contributed by atoms with Crippen LogP contribution >= 0.6 is 23.2 Å². The average molecular weight is 336 g/mol. The van der Waals surface area contributed by atoms with Crippen LogP contribution in [0.5, 0.6) is 5.88 Å². The van der Waals surface area contributed by atoms with Gasteiger partial charge in [-0.1, -0.05) is 29.3 Å². The Morgan fingerprint density at radius 2 is 2.14 bits per heavy atom. The topological polar surface area (TPSA) is 57.0 Å². The van der Waals surface area contributed by atoms with Crippen molar-refractivity contribution in [2.45, 2.75) is 13.5 Å². The molecule has 7 heteroatoms. The second kappa shape index (κ2) is 5.94. The fourth-order valence-corrected chi connectivity index (χ4v) is 2.53. The molecule has 0 spiro atoms. The Bertz CT molecular complexity index is 861. The largest absolute Gasteiger partial charge is 0.404 e. The number of halogens is 2. The van der Waals surface area contributed by atoms with Crippen LogP contribution < -0.4 is 4.74 Å². The number of esters is 1. The molecule has 0 N–H and O–H groups in total. The molecule has 0 bridgehead atoms. The van der Waals surface area contributed by atoms with E-state index in [-0.39, 0.29) is 10.6 Å². The number of carbonyl (C=O) groups excluding carboxylic acids is 1. The molecule has 0 amide bonds. The Morgan fingerprint density at radius 1 is 1.32 bits per heavy atom. The van der Waals surface area contributed by atoms with E-state index >= 15 is 0 Å². The van der Waals surface area contributed by atoms with Crippen molar-refractivity contribution in [3.8, 4) is 5.88 Å². The van der Waals surface area contributed by atoms with Crippen LogP contribution in [0.25, 0.3) is 10.9 Å². The summed E-state index contributed by atoms with van der Waals surface area (Å²) >= 11 is 12.1. The van der Waals surface area contributed by atoms with Gasteiger partial charge in [-0.3, -0.25) is 4.98 Å². The highest BCUT2D eigenvalue weighted by molar-refractivity contribution is 6.35. The van der Waals surface area contributed by atoms with E-state index < -0.39 is 5.97 Å². The molecule has 2 heterocycles. The van der Waals surface area contributed by atoms with Crippen molar-refractivity contribution in [2.24, 2.45) is 0 Å². The van der Waals surface area contributed by atoms with Crippen molar-refractivity contribution in [2.75, 3.05) is 0 Å². The summed E-state index contributed by atoms with van der Waals surface area (Å²) in [6.07, 6.45) is 3.03. The standard InChI is InChI=1S/C15H11Cl2N3O2/c1-2-20-12(5-6-19-20)22-15(21)13-11(17)4-3-9-7-10(16)8-18-14(9)13/h3-8H,2H2,1H3. The van der Waals surface area contributed by atoms with Crippen LogP contribution in [0.2, 0.25) is 10.0 Å². The summed E-state index contributed by atoms with van der Waals surface area (Å²) in [6.45, 7) is 2.49. The van der Waals surface area contributed by atoms with E-state index in [0.29, 0.717) is 28.4 Å². The van der Waals surface area contributed by atoms with Gasteiger partial charge in [-0.15, -0.1) is 0 Å². The molecule has 0 aliphatic carbocycles. The van der Waals surface area contributed by atoms with Crippen LogP contribution in [-0.4, -0.2) is 20.7 Å². The van der Waals surface area contributed by atoms with Crippen molar-refractivity contribution in [1.82, 2.24) is 14.8 Å². The van der Waals surface area contributed by atoms with Crippen LogP contribution in [0.15, 0.2) is 36.7 Å². The normalized spacial score (nSPS) is 10.9. The number of pyridine rings is 1. The lowest BCUT2D eigenvalue weighted by Crippen LogP contribution is -2.13. The maximum Gasteiger partial charge on any atom is 0.348 e. The monoisotopic (exact) mass is 335 g/mol. The van der Waals surface area contributed by atoms with Gasteiger partial charge in [0.05, 0.1) is 21.8 Å². The predicted molar refractivity (Wildman–Crippen MR) is 84.6 cm³/mol. The highest BCUT2D eigenvalue weighted by Crippen LogP contribution is 2.27. The highest BCUT2D eigenvalue weighted by Gasteiger charge is 2.19. The lowest BCUT2D eigenvalue weighted by molar-refractivity contribution is 0.0720. The van der Waals surface area contributed by atoms with Crippen LogP contribution in [0.1, 0.15) is 17.3 Å². The minimum atomic E-state index is -0.583. The summed E-state index contributed by atoms with van der Waals surface area (Å²) in [7, 11) is 0. The molecule has 0 aliphatic heterocycles. The van der Waals surface area contributed by atoms with Crippen molar-refractivity contribution in [3.63, 3.8) is 0 Å². The van der Waals surface area contributed by atoms with Gasteiger partial charge in [-0.2, -0.15) is 5.10 Å². The number of benzene rings is 1. The van der Waals surface area contributed by atoms with Crippen molar-refractivity contribution >= 4 is 40.1 Å². The smallest absolute Gasteiger partial charge is 0.348 e. The molecule has 0 aliphatic rings. The molecule has 0 saturated heterocycles. The lowest BCUT2D eigenvalue weighted by atomic mass is 10.1. The highest BCUT2D eigenvalue weighted by atomic mass is 35.5. The summed E-state index contributed by atoms with van der Waals surface area (Å²) in [5, 5.41) is 5.52. The number of aromatic nitrogens is 3. The molecule has 5 nitrogen and oxygen atoms in total. The zero-order valence-electron chi connectivity index (χ0n) is 11.6. The maximum atomic E-state index is 12.5. The SMILES string of the molecule is CCn1nccc1OC(=O)c1c(Cl)ccc2cc(Cl)cnc12. The van der Waals surface area contributed by atoms with Gasteiger partial charge >= 0.3 is 5.97 Å². The zero-order chi connectivity index (χ0) is 15.7. The fourth-order valence-electron chi connectivity index (χ4n) is 2.14. The number of fused-ring (bicyclic) bond motifs is 1. The van der Waals surface area contributed by atoms with E-state index in [1.807, 2.05) is 6.92 Å². The minimum absolute atomic E-state index is 0.208. The van der Waals surface area contributed by atoms with Gasteiger partial charge in [0.15, 0.2) is 0 Å². The summed E-state index contributed by atoms with van der Waals surface area (Å²) < 4.78 is 6.96. The van der Waals surface area contributed by atoms with E-state index in [0.717, 1.165) is 0 Å². The van der Waals surface area contributed by atoms with Crippen molar-refractivity contribution in [3.05, 3.63) is 52.3 Å². The second-order valence-corrected chi connectivity index (χ2v) is 5.37. The average Bonchev–Trinajstić information content (AvgIpc) is 2.94. The molecule has 112 valence electrons. The second-order valence-electron chi connectivity index (χ2n) is 4.52. The Hall–Kier alpha value is -2.11. The zero-order valence-corrected chi connectivity index (χ0v) is 13.1. The third-order valence-electron chi connectivity index (χ3n) is 3.15. The summed E-state index contributed by atoms with van der Waals surface area (Å²) in [5.41, 5.74) is 0.657. The first-order valence-corrected chi connectivity index (χ1v) is 7.33. The first-order valence-electron chi connectivity index (χ1n) is 6.58. The van der Waals surface area contributed by atoms with Crippen LogP contribution in [0.4, 0.5) is 0 Å². The van der Waals surface area contributed by atoms with E-state index in [4.69, 9.17) is 27.9 Å². The Labute approximate surface area is 136 Å². The molecular weight excluding hydrogens is 325 g/mol. The maximum absolute atomic E-state index is 12.5. The molecule has 0 radical (unpaired) electrons. The number of hydrogen-bond donors (Lipinski definition) is 0. The number of rotatable bonds is 3. The Kier molecular flexibility index (Phi) is 4.00. The molecule has 3 aromatic rings. The predicted octanol–water partition coefficient (Wildman–Crippen LogP) is 3.98. The Balaban J connectivity index is 2.05. The van der Waals surface area contributed by atoms with Crippen LogP contribution in [0, 0.1) is 0 Å². The molecule has 0 atom stereocenters. The third kappa shape index (κ3) is 2.65. The van der Waals surface area contributed by atoms with Gasteiger partial charge in [-0.05, 0) is 19.1 Å². The molecule has 0 saturated carbocycles. The molecule has 3 rings (SSSR count). The molecule has 22 heavy (non-hydrogen) atoms. The number of nitrogens with zero attached hydrogens (tertiary/aromatic N) is 3. The van der Waals surface area contributed by atoms with Gasteiger partial charge < -0.3 is 4.74 Å². The quantitative estimate of drug-likeness (QED) is 0.679. The van der Waals surface area contributed by atoms with E-state index in [1.165, 1.54) is 6.20 Å². The number of ether oxygens (including phenoxy) is 1. The number of hydrogen-bond acceptors (Lipinski definition) is 4. The Morgan fingerprint density at radius 3 is 2.91 bits per heavy atom. The lowest BCUT2D eigenvalue weighted by Gasteiger charge is -2.09. The number of carbonyl (C=O) groups is 1. The molecule has 1 aromatic carbocycles. The summed E-state index contributed by atoms with van der Waals surface area (Å²) in [6, 6.07) is 6.71. The third-order valence-corrected chi connectivity index (χ3v) is 3.67. The molecular formula is C15H11Cl2N3O2. The van der Waals surface area contributed by atoms with Gasteiger partial charge in [0.1, 0.15) is 5.56 Å². The molecule has 0 unspecified atom stereocenters. The summed E-state index contributed by atoms with van der Waals surface area (Å²) in [5.74, 6) is -0.227. The van der Waals surface area contributed by atoms with E-state index in [9.17, 15) is 4.79 Å². The molecule has 2 aromatic heterocycles.